The zero-order valence-corrected chi connectivity index (χ0v) is 18.0. The summed E-state index contributed by atoms with van der Waals surface area (Å²) in [5.74, 6) is 0.645. The summed E-state index contributed by atoms with van der Waals surface area (Å²) in [6, 6.07) is 13.8. The number of hydrogen-bond donors (Lipinski definition) is 1. The largest absolute Gasteiger partial charge is 0.496 e. The first-order valence-electron chi connectivity index (χ1n) is 10.2. The predicted molar refractivity (Wildman–Crippen MR) is 118 cm³/mol. The Bertz CT molecular complexity index is 1040. The third kappa shape index (κ3) is 4.73. The Balaban J connectivity index is 1.40. The zero-order valence-electron chi connectivity index (χ0n) is 17.2. The number of carbonyl (C=O) groups is 1. The lowest BCUT2D eigenvalue weighted by Crippen LogP contribution is -2.35. The van der Waals surface area contributed by atoms with Gasteiger partial charge in [0, 0.05) is 36.3 Å². The summed E-state index contributed by atoms with van der Waals surface area (Å²) in [4.78, 5) is 14.9. The van der Waals surface area contributed by atoms with Gasteiger partial charge in [-0.2, -0.15) is 5.10 Å². The molecule has 2 heterocycles. The molecule has 1 aliphatic rings. The Morgan fingerprint density at radius 3 is 2.71 bits per heavy atom. The number of carbonyl (C=O) groups excluding carboxylic acids is 1. The van der Waals surface area contributed by atoms with E-state index in [1.54, 1.807) is 49.7 Å². The molecule has 0 spiro atoms. The van der Waals surface area contributed by atoms with E-state index in [1.807, 2.05) is 10.7 Å². The van der Waals surface area contributed by atoms with Crippen LogP contribution >= 0.6 is 11.6 Å². The number of methoxy groups -OCH3 is 1. The van der Waals surface area contributed by atoms with Crippen molar-refractivity contribution in [3.8, 4) is 5.75 Å². The summed E-state index contributed by atoms with van der Waals surface area (Å²) >= 11 is 6.17. The number of anilines is 1. The third-order valence-electron chi connectivity index (χ3n) is 5.61. The second-order valence-electron chi connectivity index (χ2n) is 7.52. The predicted octanol–water partition coefficient (Wildman–Crippen LogP) is 4.77. The quantitative estimate of drug-likeness (QED) is 0.597. The highest BCUT2D eigenvalue weighted by molar-refractivity contribution is 6.31. The molecule has 3 aromatic rings. The Hall–Kier alpha value is -2.90. The van der Waals surface area contributed by atoms with E-state index in [4.69, 9.17) is 16.3 Å². The molecule has 1 saturated heterocycles. The molecule has 1 N–H and O–H groups in total. The minimum absolute atomic E-state index is 0.148. The summed E-state index contributed by atoms with van der Waals surface area (Å²) < 4.78 is 21.2. The number of ether oxygens (including phenoxy) is 1. The molecule has 0 radical (unpaired) electrons. The highest BCUT2D eigenvalue weighted by Crippen LogP contribution is 2.28. The number of para-hydroxylation sites is 1. The van der Waals surface area contributed by atoms with Crippen LogP contribution in [0.4, 0.5) is 10.2 Å². The van der Waals surface area contributed by atoms with Crippen molar-refractivity contribution in [2.45, 2.75) is 25.4 Å². The smallest absolute Gasteiger partial charge is 0.260 e. The van der Waals surface area contributed by atoms with Gasteiger partial charge in [-0.05, 0) is 37.1 Å². The first-order chi connectivity index (χ1) is 15.1. The van der Waals surface area contributed by atoms with Gasteiger partial charge in [-0.3, -0.25) is 9.69 Å². The van der Waals surface area contributed by atoms with Crippen molar-refractivity contribution in [3.05, 3.63) is 76.7 Å². The van der Waals surface area contributed by atoms with Gasteiger partial charge in [0.1, 0.15) is 17.4 Å². The molecule has 4 rings (SSSR count). The summed E-state index contributed by atoms with van der Waals surface area (Å²) in [7, 11) is 1.54. The van der Waals surface area contributed by atoms with Crippen molar-refractivity contribution in [1.82, 2.24) is 14.7 Å². The van der Waals surface area contributed by atoms with Gasteiger partial charge in [-0.15, -0.1) is 0 Å². The molecule has 1 aromatic heterocycles. The van der Waals surface area contributed by atoms with Crippen molar-refractivity contribution < 1.29 is 13.9 Å². The van der Waals surface area contributed by atoms with Crippen molar-refractivity contribution in [2.75, 3.05) is 25.5 Å². The number of rotatable bonds is 6. The van der Waals surface area contributed by atoms with E-state index < -0.39 is 0 Å². The van der Waals surface area contributed by atoms with E-state index in [0.717, 1.165) is 25.9 Å². The van der Waals surface area contributed by atoms with Crippen LogP contribution in [0.15, 0.2) is 54.7 Å². The number of nitrogens with zero attached hydrogens (tertiary/aromatic N) is 3. The fourth-order valence-electron chi connectivity index (χ4n) is 3.95. The van der Waals surface area contributed by atoms with Gasteiger partial charge in [-0.25, -0.2) is 9.07 Å². The van der Waals surface area contributed by atoms with Crippen molar-refractivity contribution in [1.29, 1.82) is 0 Å². The fraction of sp³-hybridized carbons (Fsp3) is 0.304. The maximum Gasteiger partial charge on any atom is 0.260 e. The lowest BCUT2D eigenvalue weighted by molar-refractivity contribution is 0.102. The van der Waals surface area contributed by atoms with Gasteiger partial charge in [0.15, 0.2) is 0 Å². The number of likely N-dealkylation sites (tertiary alicyclic amines) is 1. The number of amides is 1. The van der Waals surface area contributed by atoms with Crippen LogP contribution in [0.5, 0.6) is 5.75 Å². The van der Waals surface area contributed by atoms with Crippen LogP contribution in [-0.4, -0.2) is 40.8 Å². The molecule has 0 unspecified atom stereocenters. The molecular formula is C23H24ClFN4O2. The third-order valence-corrected chi connectivity index (χ3v) is 5.96. The van der Waals surface area contributed by atoms with Gasteiger partial charge in [0.05, 0.1) is 24.9 Å². The number of piperidine rings is 1. The summed E-state index contributed by atoms with van der Waals surface area (Å²) in [6.07, 6.45) is 3.36. The number of hydrogen-bond acceptors (Lipinski definition) is 4. The first-order valence-corrected chi connectivity index (χ1v) is 10.6. The Kier molecular flexibility index (Phi) is 6.53. The van der Waals surface area contributed by atoms with Crippen LogP contribution in [0.1, 0.15) is 34.8 Å². The van der Waals surface area contributed by atoms with Crippen LogP contribution < -0.4 is 10.1 Å². The van der Waals surface area contributed by atoms with Crippen molar-refractivity contribution >= 4 is 23.3 Å². The average molecular weight is 443 g/mol. The molecule has 0 saturated carbocycles. The van der Waals surface area contributed by atoms with Crippen LogP contribution in [-0.2, 0) is 6.54 Å². The maximum atomic E-state index is 14.1. The van der Waals surface area contributed by atoms with E-state index in [9.17, 15) is 9.18 Å². The Labute approximate surface area is 185 Å². The van der Waals surface area contributed by atoms with Crippen LogP contribution in [0, 0.1) is 5.82 Å². The van der Waals surface area contributed by atoms with Crippen LogP contribution in [0.3, 0.4) is 0 Å². The molecule has 1 amide bonds. The number of nitrogens with one attached hydrogen (secondary N) is 1. The molecule has 0 bridgehead atoms. The molecule has 1 aliphatic heterocycles. The Morgan fingerprint density at radius 1 is 1.19 bits per heavy atom. The van der Waals surface area contributed by atoms with Gasteiger partial charge in [0.2, 0.25) is 0 Å². The second-order valence-corrected chi connectivity index (χ2v) is 7.93. The molecule has 1 fully saturated rings. The average Bonchev–Trinajstić information content (AvgIpc) is 3.24. The van der Waals surface area contributed by atoms with Gasteiger partial charge in [-0.1, -0.05) is 29.8 Å². The van der Waals surface area contributed by atoms with Gasteiger partial charge >= 0.3 is 0 Å². The van der Waals surface area contributed by atoms with E-state index >= 15 is 0 Å². The topological polar surface area (TPSA) is 59.4 Å². The Morgan fingerprint density at radius 2 is 1.97 bits per heavy atom. The molecular weight excluding hydrogens is 419 g/mol. The minimum Gasteiger partial charge on any atom is -0.496 e. The van der Waals surface area contributed by atoms with Crippen LogP contribution in [0.2, 0.25) is 5.02 Å². The SMILES string of the molecule is COc1ccccc1C(=O)Nc1ccnn1C1CCN(Cc2c(F)cccc2Cl)CC1. The summed E-state index contributed by atoms with van der Waals surface area (Å²) in [5, 5.41) is 7.84. The molecule has 2 aromatic carbocycles. The monoisotopic (exact) mass is 442 g/mol. The molecule has 0 atom stereocenters. The number of halogens is 2. The molecule has 162 valence electrons. The maximum absolute atomic E-state index is 14.1. The fourth-order valence-corrected chi connectivity index (χ4v) is 4.17. The van der Waals surface area contributed by atoms with E-state index in [-0.39, 0.29) is 17.8 Å². The lowest BCUT2D eigenvalue weighted by atomic mass is 10.0. The normalized spacial score (nSPS) is 15.1. The highest BCUT2D eigenvalue weighted by atomic mass is 35.5. The molecule has 6 nitrogen and oxygen atoms in total. The number of aromatic nitrogens is 2. The second kappa shape index (κ2) is 9.49. The molecule has 0 aliphatic carbocycles. The number of benzene rings is 2. The highest BCUT2D eigenvalue weighted by Gasteiger charge is 2.25. The van der Waals surface area contributed by atoms with Gasteiger partial charge in [0.25, 0.3) is 5.91 Å². The van der Waals surface area contributed by atoms with E-state index in [2.05, 4.69) is 15.3 Å². The zero-order chi connectivity index (χ0) is 21.8. The molecule has 31 heavy (non-hydrogen) atoms. The minimum atomic E-state index is -0.275. The van der Waals surface area contributed by atoms with Crippen molar-refractivity contribution in [3.63, 3.8) is 0 Å². The van der Waals surface area contributed by atoms with Crippen LogP contribution in [0.25, 0.3) is 0 Å². The van der Waals surface area contributed by atoms with Gasteiger partial charge < -0.3 is 10.1 Å². The van der Waals surface area contributed by atoms with E-state index in [1.165, 1.54) is 6.07 Å². The van der Waals surface area contributed by atoms with E-state index in [0.29, 0.717) is 34.3 Å². The summed E-state index contributed by atoms with van der Waals surface area (Å²) in [5.41, 5.74) is 1.00. The standard InChI is InChI=1S/C23H24ClFN4O2/c1-31-21-8-3-2-5-17(21)23(30)27-22-9-12-26-29(22)16-10-13-28(14-11-16)15-18-19(24)6-4-7-20(18)25/h2-9,12,16H,10-11,13-15H2,1H3,(H,27,30). The lowest BCUT2D eigenvalue weighted by Gasteiger charge is -2.33. The molecule has 8 heteroatoms. The van der Waals surface area contributed by atoms with Crippen molar-refractivity contribution in [2.24, 2.45) is 0 Å². The first kappa shape index (κ1) is 21.3. The summed E-state index contributed by atoms with van der Waals surface area (Å²) in [6.45, 7) is 2.05.